The van der Waals surface area contributed by atoms with E-state index in [-0.39, 0.29) is 18.3 Å². The van der Waals surface area contributed by atoms with Gasteiger partial charge < -0.3 is 16.4 Å². The quantitative estimate of drug-likeness (QED) is 0.533. The van der Waals surface area contributed by atoms with Gasteiger partial charge in [-0.05, 0) is 55.3 Å². The van der Waals surface area contributed by atoms with Crippen molar-refractivity contribution in [3.63, 3.8) is 0 Å². The van der Waals surface area contributed by atoms with Crippen molar-refractivity contribution in [2.45, 2.75) is 13.3 Å². The van der Waals surface area contributed by atoms with Crippen molar-refractivity contribution in [3.8, 4) is 0 Å². The minimum atomic E-state index is -0.484. The minimum absolute atomic E-state index is 0.260. The van der Waals surface area contributed by atoms with Crippen LogP contribution in [0.15, 0.2) is 66.9 Å². The fraction of sp³-hybridized carbons (Fsp3) is 0.174. The summed E-state index contributed by atoms with van der Waals surface area (Å²) < 4.78 is 13.0. The van der Waals surface area contributed by atoms with Gasteiger partial charge in [-0.15, -0.1) is 0 Å². The van der Waals surface area contributed by atoms with Gasteiger partial charge >= 0.3 is 0 Å². The lowest BCUT2D eigenvalue weighted by Gasteiger charge is -2.15. The number of nitrogens with two attached hydrogens (primary N) is 1. The lowest BCUT2D eigenvalue weighted by atomic mass is 9.98. The first-order valence-electron chi connectivity index (χ1n) is 9.52. The van der Waals surface area contributed by atoms with Crippen LogP contribution in [0.25, 0.3) is 0 Å². The maximum Gasteiger partial charge on any atom is 0.257 e. The number of carbonyl (C=O) groups is 2. The van der Waals surface area contributed by atoms with Gasteiger partial charge in [0.2, 0.25) is 5.91 Å². The second-order valence-corrected chi connectivity index (χ2v) is 7.06. The molecule has 0 saturated carbocycles. The number of aryl methyl sites for hydroxylation is 1. The summed E-state index contributed by atoms with van der Waals surface area (Å²) in [6.45, 7) is 2.25. The third-order valence-electron chi connectivity index (χ3n) is 4.66. The Balaban J connectivity index is 1.57. The number of primary amides is 1. The Morgan fingerprint density at radius 1 is 1.03 bits per heavy atom. The van der Waals surface area contributed by atoms with Crippen LogP contribution in [0.4, 0.5) is 15.9 Å². The van der Waals surface area contributed by atoms with E-state index in [1.807, 2.05) is 31.2 Å². The fourth-order valence-electron chi connectivity index (χ4n) is 2.88. The number of benzene rings is 2. The van der Waals surface area contributed by atoms with E-state index in [0.717, 1.165) is 11.1 Å². The molecule has 7 heteroatoms. The molecule has 0 bridgehead atoms. The van der Waals surface area contributed by atoms with Gasteiger partial charge in [0.1, 0.15) is 11.6 Å². The van der Waals surface area contributed by atoms with Crippen LogP contribution in [0.2, 0.25) is 0 Å². The van der Waals surface area contributed by atoms with Crippen LogP contribution >= 0.6 is 0 Å². The molecule has 0 saturated heterocycles. The van der Waals surface area contributed by atoms with E-state index in [1.165, 1.54) is 18.3 Å². The van der Waals surface area contributed by atoms with Gasteiger partial charge in [-0.25, -0.2) is 9.37 Å². The highest BCUT2D eigenvalue weighted by atomic mass is 19.1. The van der Waals surface area contributed by atoms with Gasteiger partial charge in [0.25, 0.3) is 5.91 Å². The van der Waals surface area contributed by atoms with Crippen LogP contribution in [0.3, 0.4) is 0 Å². The van der Waals surface area contributed by atoms with Crippen molar-refractivity contribution in [1.29, 1.82) is 0 Å². The van der Waals surface area contributed by atoms with E-state index in [9.17, 15) is 14.0 Å². The first-order chi connectivity index (χ1) is 14.4. The molecule has 0 radical (unpaired) electrons. The van der Waals surface area contributed by atoms with E-state index in [4.69, 9.17) is 5.73 Å². The number of hydrogen-bond acceptors (Lipinski definition) is 4. The standard InChI is InChI=1S/C23H23FN4O2/c1-15-2-9-20(10-3-15)28-23(30)17-6-11-21(26-13-17)27-14-18(22(25)29)12-16-4-7-19(24)8-5-16/h2-11,13,18H,12,14H2,1H3,(H2,25,29)(H,26,27)(H,28,30). The third-order valence-corrected chi connectivity index (χ3v) is 4.66. The Kier molecular flexibility index (Phi) is 6.75. The second kappa shape index (κ2) is 9.65. The number of hydrogen-bond donors (Lipinski definition) is 3. The Morgan fingerprint density at radius 2 is 1.73 bits per heavy atom. The molecule has 1 unspecified atom stereocenters. The summed E-state index contributed by atoms with van der Waals surface area (Å²) in [6, 6.07) is 16.8. The molecule has 3 rings (SSSR count). The number of nitrogens with one attached hydrogen (secondary N) is 2. The molecule has 1 atom stereocenters. The summed E-state index contributed by atoms with van der Waals surface area (Å²) in [4.78, 5) is 28.3. The van der Waals surface area contributed by atoms with E-state index < -0.39 is 11.8 Å². The molecule has 1 aromatic heterocycles. The van der Waals surface area contributed by atoms with Crippen LogP contribution in [0, 0.1) is 18.7 Å². The fourth-order valence-corrected chi connectivity index (χ4v) is 2.88. The maximum absolute atomic E-state index is 13.0. The number of nitrogens with zero attached hydrogens (tertiary/aromatic N) is 1. The lowest BCUT2D eigenvalue weighted by Crippen LogP contribution is -2.31. The molecule has 0 aliphatic rings. The zero-order valence-corrected chi connectivity index (χ0v) is 16.6. The molecular formula is C23H23FN4O2. The van der Waals surface area contributed by atoms with Gasteiger partial charge in [-0.1, -0.05) is 29.8 Å². The number of rotatable bonds is 8. The number of aromatic nitrogens is 1. The number of pyridine rings is 1. The van der Waals surface area contributed by atoms with Crippen LogP contribution in [-0.2, 0) is 11.2 Å². The van der Waals surface area contributed by atoms with Crippen LogP contribution in [0.5, 0.6) is 0 Å². The van der Waals surface area contributed by atoms with Crippen molar-refractivity contribution in [1.82, 2.24) is 4.98 Å². The zero-order chi connectivity index (χ0) is 21.5. The van der Waals surface area contributed by atoms with E-state index in [1.54, 1.807) is 24.3 Å². The maximum atomic E-state index is 13.0. The number of anilines is 2. The molecular weight excluding hydrogens is 383 g/mol. The summed E-state index contributed by atoms with van der Waals surface area (Å²) in [5.41, 5.74) is 8.55. The zero-order valence-electron chi connectivity index (χ0n) is 16.6. The van der Waals surface area contributed by atoms with Gasteiger partial charge in [0.15, 0.2) is 0 Å². The SMILES string of the molecule is Cc1ccc(NC(=O)c2ccc(NCC(Cc3ccc(F)cc3)C(N)=O)nc2)cc1. The lowest BCUT2D eigenvalue weighted by molar-refractivity contribution is -0.121. The third kappa shape index (κ3) is 5.88. The van der Waals surface area contributed by atoms with Gasteiger partial charge in [-0.3, -0.25) is 9.59 Å². The molecule has 3 aromatic rings. The molecule has 2 aromatic carbocycles. The average molecular weight is 406 g/mol. The van der Waals surface area contributed by atoms with Crippen LogP contribution in [0.1, 0.15) is 21.5 Å². The van der Waals surface area contributed by atoms with Crippen molar-refractivity contribution >= 4 is 23.3 Å². The summed E-state index contributed by atoms with van der Waals surface area (Å²) in [5, 5.41) is 5.88. The molecule has 2 amide bonds. The van der Waals surface area contributed by atoms with Crippen molar-refractivity contribution in [2.24, 2.45) is 11.7 Å². The van der Waals surface area contributed by atoms with Crippen LogP contribution < -0.4 is 16.4 Å². The number of carbonyl (C=O) groups excluding carboxylic acids is 2. The largest absolute Gasteiger partial charge is 0.369 e. The normalized spacial score (nSPS) is 11.5. The van der Waals surface area contributed by atoms with Crippen LogP contribution in [-0.4, -0.2) is 23.3 Å². The number of halogens is 1. The monoisotopic (exact) mass is 406 g/mol. The summed E-state index contributed by atoms with van der Waals surface area (Å²) >= 11 is 0. The summed E-state index contributed by atoms with van der Waals surface area (Å²) in [7, 11) is 0. The highest BCUT2D eigenvalue weighted by molar-refractivity contribution is 6.04. The summed E-state index contributed by atoms with van der Waals surface area (Å²) in [6.07, 6.45) is 1.85. The molecule has 0 aliphatic carbocycles. The number of amides is 2. The topological polar surface area (TPSA) is 97.1 Å². The smallest absolute Gasteiger partial charge is 0.257 e. The van der Waals surface area contributed by atoms with Gasteiger partial charge in [0, 0.05) is 18.4 Å². The van der Waals surface area contributed by atoms with E-state index in [2.05, 4.69) is 15.6 Å². The molecule has 154 valence electrons. The molecule has 1 heterocycles. The van der Waals surface area contributed by atoms with E-state index >= 15 is 0 Å². The molecule has 0 aliphatic heterocycles. The van der Waals surface area contributed by atoms with Crippen molar-refractivity contribution < 1.29 is 14.0 Å². The first-order valence-corrected chi connectivity index (χ1v) is 9.52. The van der Waals surface area contributed by atoms with Crippen molar-refractivity contribution in [2.75, 3.05) is 17.2 Å². The Bertz CT molecular complexity index is 1000. The van der Waals surface area contributed by atoms with Gasteiger partial charge in [0.05, 0.1) is 11.5 Å². The molecule has 4 N–H and O–H groups in total. The molecule has 0 fully saturated rings. The Morgan fingerprint density at radius 3 is 2.33 bits per heavy atom. The first kappa shape index (κ1) is 21.0. The average Bonchev–Trinajstić information content (AvgIpc) is 2.74. The predicted octanol–water partition coefficient (Wildman–Crippen LogP) is 3.54. The molecule has 30 heavy (non-hydrogen) atoms. The highest BCUT2D eigenvalue weighted by Crippen LogP contribution is 2.14. The second-order valence-electron chi connectivity index (χ2n) is 7.06. The Labute approximate surface area is 174 Å². The Hall–Kier alpha value is -3.74. The predicted molar refractivity (Wildman–Crippen MR) is 115 cm³/mol. The van der Waals surface area contributed by atoms with Gasteiger partial charge in [-0.2, -0.15) is 0 Å². The summed E-state index contributed by atoms with van der Waals surface area (Å²) in [5.74, 6) is -1.01. The van der Waals surface area contributed by atoms with Crippen molar-refractivity contribution in [3.05, 3.63) is 89.4 Å². The highest BCUT2D eigenvalue weighted by Gasteiger charge is 2.16. The molecule has 0 spiro atoms. The minimum Gasteiger partial charge on any atom is -0.369 e. The van der Waals surface area contributed by atoms with E-state index in [0.29, 0.717) is 23.5 Å². The molecule has 6 nitrogen and oxygen atoms in total.